The second-order valence-corrected chi connectivity index (χ2v) is 15.2. The third kappa shape index (κ3) is 7.94. The maximum atomic E-state index is 13.8. The number of nitrogens with one attached hydrogen (secondary N) is 1. The summed E-state index contributed by atoms with van der Waals surface area (Å²) in [4.78, 5) is 7.18. The molecule has 8 aromatic carbocycles. The number of aromatic nitrogens is 1. The Balaban J connectivity index is 1.04. The van der Waals surface area contributed by atoms with Crippen molar-refractivity contribution in [2.24, 2.45) is 0 Å². The highest BCUT2D eigenvalue weighted by Crippen LogP contribution is 2.42. The van der Waals surface area contributed by atoms with E-state index in [1.807, 2.05) is 145 Å². The third-order valence-corrected chi connectivity index (χ3v) is 10.9. The van der Waals surface area contributed by atoms with E-state index in [0.29, 0.717) is 22.7 Å². The van der Waals surface area contributed by atoms with Crippen LogP contribution in [0.1, 0.15) is 22.3 Å². The van der Waals surface area contributed by atoms with Crippen LogP contribution in [-0.2, 0) is 12.4 Å². The summed E-state index contributed by atoms with van der Waals surface area (Å²) in [5.74, 6) is 0. The number of fused-ring (bicyclic) bond motifs is 3. The standard InChI is InChI=1S/C52H37F6N3/c1-33-7-3-11-43(27-33)60(45-13-5-9-39(31-45)51(53,54)55)41-21-15-35(16-22-41)37-19-25-49-47(29-37)48-30-38(20-26-50(48)59-49)36-17-23-42(24-18-36)61(44-12-4-8-34(2)28-44)46-14-6-10-40(32-46)52(56,57)58/h3-32,59H,1-2H3. The first-order chi connectivity index (χ1) is 29.3. The zero-order chi connectivity index (χ0) is 42.5. The normalized spacial score (nSPS) is 11.9. The van der Waals surface area contributed by atoms with Gasteiger partial charge in [-0.15, -0.1) is 0 Å². The fourth-order valence-corrected chi connectivity index (χ4v) is 7.93. The van der Waals surface area contributed by atoms with E-state index in [9.17, 15) is 26.3 Å². The molecule has 9 aromatic rings. The second kappa shape index (κ2) is 15.4. The first kappa shape index (κ1) is 39.2. The van der Waals surface area contributed by atoms with E-state index in [1.165, 1.54) is 24.3 Å². The zero-order valence-corrected chi connectivity index (χ0v) is 33.0. The molecule has 302 valence electrons. The van der Waals surface area contributed by atoms with Crippen LogP contribution in [0, 0.1) is 13.8 Å². The molecule has 0 amide bonds. The smallest absolute Gasteiger partial charge is 0.355 e. The summed E-state index contributed by atoms with van der Waals surface area (Å²) < 4.78 is 82.7. The number of hydrogen-bond acceptors (Lipinski definition) is 2. The van der Waals surface area contributed by atoms with Crippen LogP contribution >= 0.6 is 0 Å². The summed E-state index contributed by atoms with van der Waals surface area (Å²) in [6.45, 7) is 3.90. The van der Waals surface area contributed by atoms with E-state index >= 15 is 0 Å². The first-order valence-electron chi connectivity index (χ1n) is 19.6. The predicted octanol–water partition coefficient (Wildman–Crippen LogP) is 16.2. The Kier molecular flexibility index (Phi) is 9.90. The Labute approximate surface area is 348 Å². The lowest BCUT2D eigenvalue weighted by Crippen LogP contribution is -2.12. The van der Waals surface area contributed by atoms with Crippen molar-refractivity contribution in [2.45, 2.75) is 26.2 Å². The molecular formula is C52H37F6N3. The van der Waals surface area contributed by atoms with Gasteiger partial charge in [-0.05, 0) is 156 Å². The number of halogens is 6. The number of nitrogens with zero attached hydrogens (tertiary/aromatic N) is 2. The molecule has 3 nitrogen and oxygen atoms in total. The summed E-state index contributed by atoms with van der Waals surface area (Å²) in [6.07, 6.45) is -8.96. The fourth-order valence-electron chi connectivity index (χ4n) is 7.93. The molecule has 0 fully saturated rings. The van der Waals surface area contributed by atoms with Gasteiger partial charge in [0.1, 0.15) is 0 Å². The van der Waals surface area contributed by atoms with Gasteiger partial charge < -0.3 is 14.8 Å². The average Bonchev–Trinajstić information content (AvgIpc) is 3.61. The van der Waals surface area contributed by atoms with Gasteiger partial charge in [0.15, 0.2) is 0 Å². The minimum atomic E-state index is -4.48. The molecule has 0 aliphatic heterocycles. The highest BCUT2D eigenvalue weighted by Gasteiger charge is 2.32. The van der Waals surface area contributed by atoms with Crippen LogP contribution in [0.2, 0.25) is 0 Å². The van der Waals surface area contributed by atoms with Gasteiger partial charge in [0.05, 0.1) is 11.1 Å². The molecule has 1 heterocycles. The SMILES string of the molecule is Cc1cccc(N(c2ccc(-c3ccc4[nH]c5ccc(-c6ccc(N(c7cccc(C)c7)c7cccc(C(F)(F)F)c7)cc6)cc5c4c3)cc2)c2cccc(C(F)(F)F)c2)c1. The summed E-state index contributed by atoms with van der Waals surface area (Å²) >= 11 is 0. The fraction of sp³-hybridized carbons (Fsp3) is 0.0769. The minimum absolute atomic E-state index is 0.401. The van der Waals surface area contributed by atoms with Crippen molar-refractivity contribution >= 4 is 55.9 Å². The zero-order valence-electron chi connectivity index (χ0n) is 33.0. The molecule has 0 atom stereocenters. The quantitative estimate of drug-likeness (QED) is 0.154. The van der Waals surface area contributed by atoms with Crippen LogP contribution in [0.3, 0.4) is 0 Å². The molecule has 0 saturated heterocycles. The maximum absolute atomic E-state index is 13.8. The van der Waals surface area contributed by atoms with Gasteiger partial charge in [-0.25, -0.2) is 0 Å². The predicted molar refractivity (Wildman–Crippen MR) is 236 cm³/mol. The molecule has 0 saturated carbocycles. The number of aryl methyl sites for hydroxylation is 2. The summed E-state index contributed by atoms with van der Waals surface area (Å²) in [7, 11) is 0. The molecule has 61 heavy (non-hydrogen) atoms. The number of alkyl halides is 6. The Morgan fingerprint density at radius 1 is 0.344 bits per heavy atom. The number of aromatic amines is 1. The van der Waals surface area contributed by atoms with Crippen molar-refractivity contribution in [1.82, 2.24) is 4.98 Å². The van der Waals surface area contributed by atoms with Gasteiger partial charge in [-0.1, -0.05) is 72.8 Å². The van der Waals surface area contributed by atoms with Gasteiger partial charge in [-0.3, -0.25) is 0 Å². The number of anilines is 6. The van der Waals surface area contributed by atoms with Crippen LogP contribution in [0.15, 0.2) is 182 Å². The molecule has 9 heteroatoms. The number of rotatable bonds is 8. The van der Waals surface area contributed by atoms with E-state index < -0.39 is 23.5 Å². The lowest BCUT2D eigenvalue weighted by atomic mass is 9.99. The van der Waals surface area contributed by atoms with E-state index in [4.69, 9.17) is 0 Å². The molecule has 0 spiro atoms. The van der Waals surface area contributed by atoms with Crippen molar-refractivity contribution in [3.05, 3.63) is 204 Å². The van der Waals surface area contributed by atoms with Gasteiger partial charge in [0, 0.05) is 55.9 Å². The van der Waals surface area contributed by atoms with E-state index in [0.717, 1.165) is 78.7 Å². The summed E-state index contributed by atoms with van der Waals surface area (Å²) in [6, 6.07) is 54.1. The largest absolute Gasteiger partial charge is 0.416 e. The van der Waals surface area contributed by atoms with E-state index in [2.05, 4.69) is 17.1 Å². The minimum Gasteiger partial charge on any atom is -0.355 e. The van der Waals surface area contributed by atoms with Crippen LogP contribution in [-0.4, -0.2) is 4.98 Å². The van der Waals surface area contributed by atoms with Gasteiger partial charge >= 0.3 is 12.4 Å². The molecule has 9 rings (SSSR count). The van der Waals surface area contributed by atoms with Crippen molar-refractivity contribution in [3.8, 4) is 22.3 Å². The highest BCUT2D eigenvalue weighted by atomic mass is 19.4. The topological polar surface area (TPSA) is 22.3 Å². The van der Waals surface area contributed by atoms with Crippen molar-refractivity contribution in [1.29, 1.82) is 0 Å². The first-order valence-corrected chi connectivity index (χ1v) is 19.6. The molecule has 1 N–H and O–H groups in total. The number of H-pyrrole nitrogens is 1. The maximum Gasteiger partial charge on any atom is 0.416 e. The van der Waals surface area contributed by atoms with E-state index in [1.54, 1.807) is 12.1 Å². The molecule has 0 bridgehead atoms. The summed E-state index contributed by atoms with van der Waals surface area (Å²) in [5, 5.41) is 2.05. The monoisotopic (exact) mass is 817 g/mol. The van der Waals surface area contributed by atoms with Crippen LogP contribution < -0.4 is 9.80 Å². The van der Waals surface area contributed by atoms with Gasteiger partial charge in [0.25, 0.3) is 0 Å². The van der Waals surface area contributed by atoms with Crippen LogP contribution in [0.4, 0.5) is 60.5 Å². The third-order valence-electron chi connectivity index (χ3n) is 10.9. The molecule has 0 aliphatic rings. The van der Waals surface area contributed by atoms with Crippen molar-refractivity contribution < 1.29 is 26.3 Å². The lowest BCUT2D eigenvalue weighted by Gasteiger charge is -2.26. The molecular weight excluding hydrogens is 781 g/mol. The van der Waals surface area contributed by atoms with Crippen LogP contribution in [0.5, 0.6) is 0 Å². The molecule has 0 radical (unpaired) electrons. The summed E-state index contributed by atoms with van der Waals surface area (Å²) in [5.41, 5.74) is 10.0. The Hall–Kier alpha value is -7.26. The van der Waals surface area contributed by atoms with Crippen molar-refractivity contribution in [3.63, 3.8) is 0 Å². The molecule has 1 aromatic heterocycles. The van der Waals surface area contributed by atoms with E-state index in [-0.39, 0.29) is 0 Å². The van der Waals surface area contributed by atoms with Gasteiger partial charge in [0.2, 0.25) is 0 Å². The highest BCUT2D eigenvalue weighted by molar-refractivity contribution is 6.09. The van der Waals surface area contributed by atoms with Crippen molar-refractivity contribution in [2.75, 3.05) is 9.80 Å². The second-order valence-electron chi connectivity index (χ2n) is 15.2. The van der Waals surface area contributed by atoms with Crippen LogP contribution in [0.25, 0.3) is 44.1 Å². The Morgan fingerprint density at radius 3 is 1.05 bits per heavy atom. The van der Waals surface area contributed by atoms with Gasteiger partial charge in [-0.2, -0.15) is 26.3 Å². The Morgan fingerprint density at radius 2 is 0.689 bits per heavy atom. The number of benzene rings is 8. The lowest BCUT2D eigenvalue weighted by molar-refractivity contribution is -0.138. The molecule has 0 aliphatic carbocycles. The number of hydrogen-bond donors (Lipinski definition) is 1. The average molecular weight is 818 g/mol. The Bertz CT molecular complexity index is 2830. The molecule has 0 unspecified atom stereocenters.